The molecule has 2 aromatic rings. The topological polar surface area (TPSA) is 114 Å². The summed E-state index contributed by atoms with van der Waals surface area (Å²) in [6.07, 6.45) is 1.11. The molecule has 0 unspecified atom stereocenters. The quantitative estimate of drug-likeness (QED) is 0.544. The second-order valence-electron chi connectivity index (χ2n) is 7.56. The van der Waals surface area contributed by atoms with Crippen molar-refractivity contribution in [3.05, 3.63) is 53.6 Å². The largest absolute Gasteiger partial charge is 0.481 e. The number of fused-ring (bicyclic) bond motifs is 1. The van der Waals surface area contributed by atoms with Crippen molar-refractivity contribution in [3.8, 4) is 11.5 Å². The average molecular weight is 469 g/mol. The fraction of sp³-hybridized carbons (Fsp3) is 0.381. The van der Waals surface area contributed by atoms with Crippen LogP contribution in [-0.2, 0) is 27.8 Å². The van der Waals surface area contributed by atoms with Crippen LogP contribution in [0.5, 0.6) is 11.5 Å². The normalized spacial score (nSPS) is 18.4. The highest BCUT2D eigenvalue weighted by atomic mass is 35.5. The third-order valence-electron chi connectivity index (χ3n) is 5.55. The third-order valence-corrected chi connectivity index (χ3v) is 6.95. The smallest absolute Gasteiger partial charge is 0.307 e. The van der Waals surface area contributed by atoms with Crippen LogP contribution in [-0.4, -0.2) is 39.4 Å². The molecule has 4 rings (SSSR count). The zero-order chi connectivity index (χ0) is 21.1. The fourth-order valence-corrected chi connectivity index (χ4v) is 4.97. The Balaban J connectivity index is 0.00000272. The van der Waals surface area contributed by atoms with Crippen LogP contribution in [0.2, 0.25) is 0 Å². The average Bonchev–Trinajstić information content (AvgIpc) is 3.42. The van der Waals surface area contributed by atoms with E-state index in [1.807, 2.05) is 0 Å². The Kier molecular flexibility index (Phi) is 7.42. The van der Waals surface area contributed by atoms with Gasteiger partial charge in [-0.25, -0.2) is 13.1 Å². The summed E-state index contributed by atoms with van der Waals surface area (Å²) < 4.78 is 38.7. The number of sulfonamides is 1. The molecule has 1 saturated heterocycles. The van der Waals surface area contributed by atoms with Crippen molar-refractivity contribution in [1.29, 1.82) is 0 Å². The maximum Gasteiger partial charge on any atom is 0.307 e. The number of ether oxygens (including phenoxy) is 2. The van der Waals surface area contributed by atoms with Gasteiger partial charge in [-0.15, -0.1) is 12.4 Å². The van der Waals surface area contributed by atoms with Gasteiger partial charge in [-0.3, -0.25) is 4.79 Å². The van der Waals surface area contributed by atoms with E-state index < -0.39 is 21.9 Å². The van der Waals surface area contributed by atoms with Gasteiger partial charge in [0, 0.05) is 6.54 Å². The van der Waals surface area contributed by atoms with Crippen molar-refractivity contribution in [2.24, 2.45) is 11.8 Å². The molecule has 8 nitrogen and oxygen atoms in total. The summed E-state index contributed by atoms with van der Waals surface area (Å²) in [5, 5.41) is 12.8. The minimum Gasteiger partial charge on any atom is -0.481 e. The molecular formula is C21H25ClN2O6S. The standard InChI is InChI=1S/C21H24N2O6S.ClH/c24-21(25)18(16-6-7-22-12-16)9-14-2-1-3-17(8-14)30(26,27)23-11-15-4-5-19-20(10-15)29-13-28-19;/h1-5,8,10,16,18,22-23H,6-7,9,11-13H2,(H,24,25);1H/t16-,18-;/m0./s1. The van der Waals surface area contributed by atoms with Gasteiger partial charge in [0.2, 0.25) is 16.8 Å². The van der Waals surface area contributed by atoms with E-state index in [9.17, 15) is 18.3 Å². The highest BCUT2D eigenvalue weighted by molar-refractivity contribution is 7.89. The van der Waals surface area contributed by atoms with E-state index in [-0.39, 0.29) is 36.6 Å². The maximum absolute atomic E-state index is 12.8. The summed E-state index contributed by atoms with van der Waals surface area (Å²) >= 11 is 0. The van der Waals surface area contributed by atoms with Crippen LogP contribution < -0.4 is 19.5 Å². The van der Waals surface area contributed by atoms with Gasteiger partial charge >= 0.3 is 5.97 Å². The molecule has 0 amide bonds. The lowest BCUT2D eigenvalue weighted by molar-refractivity contribution is -0.143. The van der Waals surface area contributed by atoms with Crippen LogP contribution in [0, 0.1) is 11.8 Å². The lowest BCUT2D eigenvalue weighted by Gasteiger charge is -2.19. The Morgan fingerprint density at radius 3 is 2.71 bits per heavy atom. The Morgan fingerprint density at radius 1 is 1.16 bits per heavy atom. The number of rotatable bonds is 8. The molecule has 2 aliphatic heterocycles. The molecule has 2 aromatic carbocycles. The lowest BCUT2D eigenvalue weighted by atomic mass is 9.86. The third kappa shape index (κ3) is 5.48. The van der Waals surface area contributed by atoms with Crippen molar-refractivity contribution in [2.45, 2.75) is 24.3 Å². The van der Waals surface area contributed by atoms with Crippen LogP contribution in [0.3, 0.4) is 0 Å². The van der Waals surface area contributed by atoms with Gasteiger partial charge in [-0.2, -0.15) is 0 Å². The molecule has 168 valence electrons. The number of carbonyl (C=O) groups is 1. The van der Waals surface area contributed by atoms with E-state index in [1.165, 1.54) is 6.07 Å². The molecule has 2 heterocycles. The Hall–Kier alpha value is -2.33. The molecular weight excluding hydrogens is 444 g/mol. The molecule has 0 aliphatic carbocycles. The minimum atomic E-state index is -3.75. The number of hydrogen-bond acceptors (Lipinski definition) is 6. The van der Waals surface area contributed by atoms with Crippen molar-refractivity contribution >= 4 is 28.4 Å². The number of nitrogens with one attached hydrogen (secondary N) is 2. The highest BCUT2D eigenvalue weighted by Crippen LogP contribution is 2.32. The molecule has 3 N–H and O–H groups in total. The predicted octanol–water partition coefficient (Wildman–Crippen LogP) is 2.17. The minimum absolute atomic E-state index is 0. The Bertz CT molecular complexity index is 1040. The lowest BCUT2D eigenvalue weighted by Crippen LogP contribution is -2.27. The Morgan fingerprint density at radius 2 is 1.97 bits per heavy atom. The summed E-state index contributed by atoms with van der Waals surface area (Å²) in [5.74, 6) is -0.112. The van der Waals surface area contributed by atoms with Crippen molar-refractivity contribution in [1.82, 2.24) is 10.0 Å². The second kappa shape index (κ2) is 9.86. The molecule has 2 aliphatic rings. The van der Waals surface area contributed by atoms with Gasteiger partial charge in [0.1, 0.15) is 0 Å². The zero-order valence-electron chi connectivity index (χ0n) is 16.7. The van der Waals surface area contributed by atoms with E-state index in [0.29, 0.717) is 30.0 Å². The molecule has 1 fully saturated rings. The summed E-state index contributed by atoms with van der Waals surface area (Å²) in [6, 6.07) is 11.8. The van der Waals surface area contributed by atoms with E-state index in [2.05, 4.69) is 10.0 Å². The molecule has 0 bridgehead atoms. The van der Waals surface area contributed by atoms with Crippen LogP contribution in [0.4, 0.5) is 0 Å². The van der Waals surface area contributed by atoms with E-state index in [0.717, 1.165) is 18.5 Å². The van der Waals surface area contributed by atoms with Crippen LogP contribution in [0.25, 0.3) is 0 Å². The van der Waals surface area contributed by atoms with Crippen LogP contribution in [0.1, 0.15) is 17.5 Å². The van der Waals surface area contributed by atoms with Gasteiger partial charge < -0.3 is 19.9 Å². The first-order valence-corrected chi connectivity index (χ1v) is 11.3. The van der Waals surface area contributed by atoms with Gasteiger partial charge in [0.15, 0.2) is 11.5 Å². The van der Waals surface area contributed by atoms with Crippen LogP contribution >= 0.6 is 12.4 Å². The number of benzene rings is 2. The van der Waals surface area contributed by atoms with Crippen molar-refractivity contribution in [3.63, 3.8) is 0 Å². The first kappa shape index (κ1) is 23.3. The number of carboxylic acids is 1. The molecule has 31 heavy (non-hydrogen) atoms. The van der Waals surface area contributed by atoms with Crippen molar-refractivity contribution < 1.29 is 27.8 Å². The van der Waals surface area contributed by atoms with Gasteiger partial charge in [-0.05, 0) is 67.2 Å². The molecule has 2 atom stereocenters. The second-order valence-corrected chi connectivity index (χ2v) is 9.33. The zero-order valence-corrected chi connectivity index (χ0v) is 18.4. The Labute approximate surface area is 187 Å². The first-order valence-electron chi connectivity index (χ1n) is 9.83. The molecule has 0 spiro atoms. The van der Waals surface area contributed by atoms with Gasteiger partial charge in [0.25, 0.3) is 0 Å². The monoisotopic (exact) mass is 468 g/mol. The molecule has 10 heteroatoms. The van der Waals surface area contributed by atoms with Crippen LogP contribution in [0.15, 0.2) is 47.4 Å². The molecule has 0 aromatic heterocycles. The first-order chi connectivity index (χ1) is 14.4. The summed E-state index contributed by atoms with van der Waals surface area (Å²) in [5.41, 5.74) is 1.44. The summed E-state index contributed by atoms with van der Waals surface area (Å²) in [7, 11) is -3.75. The number of halogens is 1. The SMILES string of the molecule is Cl.O=C(O)[C@@H](Cc1cccc(S(=O)(=O)NCc2ccc3c(c2)OCO3)c1)[C@H]1CCNC1. The van der Waals surface area contributed by atoms with E-state index in [4.69, 9.17) is 9.47 Å². The van der Waals surface area contributed by atoms with Gasteiger partial charge in [0.05, 0.1) is 10.8 Å². The number of hydrogen-bond donors (Lipinski definition) is 3. The number of aliphatic carboxylic acids is 1. The summed E-state index contributed by atoms with van der Waals surface area (Å²) in [6.45, 7) is 1.75. The predicted molar refractivity (Wildman–Crippen MR) is 116 cm³/mol. The van der Waals surface area contributed by atoms with Gasteiger partial charge in [-0.1, -0.05) is 18.2 Å². The molecule has 0 radical (unpaired) electrons. The maximum atomic E-state index is 12.8. The molecule has 0 saturated carbocycles. The summed E-state index contributed by atoms with van der Waals surface area (Å²) in [4.78, 5) is 11.9. The van der Waals surface area contributed by atoms with E-state index >= 15 is 0 Å². The van der Waals surface area contributed by atoms with E-state index in [1.54, 1.807) is 36.4 Å². The highest BCUT2D eigenvalue weighted by Gasteiger charge is 2.30. The van der Waals surface area contributed by atoms with Crippen molar-refractivity contribution in [2.75, 3.05) is 19.9 Å². The number of carboxylic acid groups (broad SMARTS) is 1. The fourth-order valence-electron chi connectivity index (χ4n) is 3.88.